The maximum Gasteiger partial charge on any atom is 0.241 e. The van der Waals surface area contributed by atoms with Crippen molar-refractivity contribution >= 4 is 12.0 Å². The zero-order valence-electron chi connectivity index (χ0n) is 18.2. The van der Waals surface area contributed by atoms with Gasteiger partial charge in [-0.3, -0.25) is 4.79 Å². The summed E-state index contributed by atoms with van der Waals surface area (Å²) in [6, 6.07) is 8.46. The maximum absolute atomic E-state index is 11.3. The summed E-state index contributed by atoms with van der Waals surface area (Å²) in [5, 5.41) is 0. The fourth-order valence-corrected chi connectivity index (χ4v) is 5.65. The standard InChI is InChI=1S/C27H31NO/c1-17-18(2)25-21(10-8-14-26(25,4)5)19(3)24(17)27(15-16-27)22-11-7-6-9-20(22)12-13-23(28)29/h6-9,11-14H,10,15-16H2,1-5H3,(H2,28,29). The van der Waals surface area contributed by atoms with Crippen LogP contribution in [0.2, 0.25) is 0 Å². The van der Waals surface area contributed by atoms with E-state index in [-0.39, 0.29) is 10.8 Å². The molecule has 0 radical (unpaired) electrons. The first-order chi connectivity index (χ1) is 13.7. The third-order valence-corrected chi connectivity index (χ3v) is 7.07. The van der Waals surface area contributed by atoms with Crippen LogP contribution in [-0.2, 0) is 22.0 Å². The predicted molar refractivity (Wildman–Crippen MR) is 121 cm³/mol. The summed E-state index contributed by atoms with van der Waals surface area (Å²) in [6.07, 6.45) is 11.3. The van der Waals surface area contributed by atoms with E-state index < -0.39 is 5.91 Å². The molecule has 2 aromatic rings. The number of carbonyl (C=O) groups is 1. The molecular formula is C27H31NO. The quantitative estimate of drug-likeness (QED) is 0.542. The Morgan fingerprint density at radius 3 is 2.31 bits per heavy atom. The molecule has 0 bridgehead atoms. The van der Waals surface area contributed by atoms with E-state index in [2.05, 4.69) is 65.0 Å². The molecule has 0 atom stereocenters. The third-order valence-electron chi connectivity index (χ3n) is 7.07. The Kier molecular flexibility index (Phi) is 4.57. The summed E-state index contributed by atoms with van der Waals surface area (Å²) >= 11 is 0. The molecule has 0 saturated heterocycles. The molecule has 4 rings (SSSR count). The van der Waals surface area contributed by atoms with Crippen molar-refractivity contribution in [3.05, 3.63) is 87.0 Å². The summed E-state index contributed by atoms with van der Waals surface area (Å²) in [4.78, 5) is 11.3. The number of rotatable bonds is 4. The van der Waals surface area contributed by atoms with Gasteiger partial charge < -0.3 is 5.73 Å². The van der Waals surface area contributed by atoms with Crippen LogP contribution in [-0.4, -0.2) is 5.91 Å². The van der Waals surface area contributed by atoms with Crippen LogP contribution in [0, 0.1) is 20.8 Å². The molecule has 2 aromatic carbocycles. The first-order valence-electron chi connectivity index (χ1n) is 10.6. The highest BCUT2D eigenvalue weighted by molar-refractivity contribution is 5.90. The van der Waals surface area contributed by atoms with Crippen LogP contribution in [0.5, 0.6) is 0 Å². The van der Waals surface area contributed by atoms with Gasteiger partial charge in [0.2, 0.25) is 5.91 Å². The van der Waals surface area contributed by atoms with Crippen molar-refractivity contribution in [1.82, 2.24) is 0 Å². The molecule has 0 spiro atoms. The molecule has 0 heterocycles. The van der Waals surface area contributed by atoms with Crippen LogP contribution in [0.25, 0.3) is 6.08 Å². The first kappa shape index (κ1) is 19.7. The minimum absolute atomic E-state index is 0.0395. The number of primary amides is 1. The lowest BCUT2D eigenvalue weighted by Gasteiger charge is -2.35. The maximum atomic E-state index is 11.3. The van der Waals surface area contributed by atoms with Gasteiger partial charge in [0, 0.05) is 16.9 Å². The van der Waals surface area contributed by atoms with Crippen molar-refractivity contribution in [3.8, 4) is 0 Å². The Balaban J connectivity index is 1.94. The van der Waals surface area contributed by atoms with E-state index in [1.807, 2.05) is 12.1 Å². The number of allylic oxidation sites excluding steroid dienone is 2. The van der Waals surface area contributed by atoms with E-state index >= 15 is 0 Å². The van der Waals surface area contributed by atoms with Crippen LogP contribution in [0.4, 0.5) is 0 Å². The van der Waals surface area contributed by atoms with Gasteiger partial charge in [-0.1, -0.05) is 50.3 Å². The Hall–Kier alpha value is -2.61. The molecule has 0 aliphatic heterocycles. The van der Waals surface area contributed by atoms with E-state index in [9.17, 15) is 4.79 Å². The van der Waals surface area contributed by atoms with Gasteiger partial charge in [-0.15, -0.1) is 0 Å². The second kappa shape index (κ2) is 6.73. The number of carbonyl (C=O) groups excluding carboxylic acids is 1. The number of hydrogen-bond donors (Lipinski definition) is 1. The van der Waals surface area contributed by atoms with Gasteiger partial charge in [-0.2, -0.15) is 0 Å². The SMILES string of the molecule is Cc1c(C)c(C2(c3ccccc3C=CC(N)=O)CC2)c(C)c2c1C(C)(C)C=CC2. The fraction of sp³-hybridized carbons (Fsp3) is 0.370. The van der Waals surface area contributed by atoms with Gasteiger partial charge in [0.1, 0.15) is 0 Å². The summed E-state index contributed by atoms with van der Waals surface area (Å²) in [7, 11) is 0. The molecule has 29 heavy (non-hydrogen) atoms. The molecular weight excluding hydrogens is 354 g/mol. The molecule has 150 valence electrons. The van der Waals surface area contributed by atoms with Crippen LogP contribution >= 0.6 is 0 Å². The van der Waals surface area contributed by atoms with Gasteiger partial charge in [-0.25, -0.2) is 0 Å². The van der Waals surface area contributed by atoms with Gasteiger partial charge in [0.15, 0.2) is 0 Å². The van der Waals surface area contributed by atoms with E-state index in [0.29, 0.717) is 0 Å². The molecule has 1 amide bonds. The van der Waals surface area contributed by atoms with Crippen molar-refractivity contribution in [3.63, 3.8) is 0 Å². The highest BCUT2D eigenvalue weighted by Crippen LogP contribution is 2.58. The van der Waals surface area contributed by atoms with Crippen LogP contribution in [0.1, 0.15) is 71.2 Å². The monoisotopic (exact) mass is 385 g/mol. The molecule has 0 aromatic heterocycles. The highest BCUT2D eigenvalue weighted by Gasteiger charge is 2.49. The molecule has 1 saturated carbocycles. The normalized spacial score (nSPS) is 18.7. The molecule has 2 heteroatoms. The zero-order valence-corrected chi connectivity index (χ0v) is 18.2. The molecule has 2 nitrogen and oxygen atoms in total. The van der Waals surface area contributed by atoms with Crippen molar-refractivity contribution in [2.45, 2.75) is 64.7 Å². The molecule has 2 aliphatic carbocycles. The number of benzene rings is 2. The highest BCUT2D eigenvalue weighted by atomic mass is 16.1. The van der Waals surface area contributed by atoms with E-state index in [4.69, 9.17) is 5.73 Å². The number of fused-ring (bicyclic) bond motifs is 1. The third kappa shape index (κ3) is 3.06. The van der Waals surface area contributed by atoms with E-state index in [0.717, 1.165) is 24.8 Å². The Morgan fingerprint density at radius 1 is 1.00 bits per heavy atom. The Morgan fingerprint density at radius 2 is 1.66 bits per heavy atom. The van der Waals surface area contributed by atoms with Crippen molar-refractivity contribution in [1.29, 1.82) is 0 Å². The average Bonchev–Trinajstić information content (AvgIpc) is 3.45. The van der Waals surface area contributed by atoms with Crippen molar-refractivity contribution in [2.75, 3.05) is 0 Å². The summed E-state index contributed by atoms with van der Waals surface area (Å²) in [5.74, 6) is -0.407. The Bertz CT molecular complexity index is 1060. The number of nitrogens with two attached hydrogens (primary N) is 1. The lowest BCUT2D eigenvalue weighted by Crippen LogP contribution is -2.26. The van der Waals surface area contributed by atoms with Crippen molar-refractivity contribution in [2.24, 2.45) is 5.73 Å². The second-order valence-corrected chi connectivity index (χ2v) is 9.34. The zero-order chi connectivity index (χ0) is 21.0. The topological polar surface area (TPSA) is 43.1 Å². The summed E-state index contributed by atoms with van der Waals surface area (Å²) in [5.41, 5.74) is 16.7. The first-order valence-corrected chi connectivity index (χ1v) is 10.6. The van der Waals surface area contributed by atoms with Crippen molar-refractivity contribution < 1.29 is 4.79 Å². The lowest BCUT2D eigenvalue weighted by atomic mass is 9.69. The van der Waals surface area contributed by atoms with Crippen LogP contribution in [0.15, 0.2) is 42.5 Å². The van der Waals surface area contributed by atoms with Gasteiger partial charge in [0.25, 0.3) is 0 Å². The number of hydrogen-bond acceptors (Lipinski definition) is 1. The van der Waals surface area contributed by atoms with E-state index in [1.54, 1.807) is 0 Å². The second-order valence-electron chi connectivity index (χ2n) is 9.34. The predicted octanol–water partition coefficient (Wildman–Crippen LogP) is 5.58. The van der Waals surface area contributed by atoms with Gasteiger partial charge >= 0.3 is 0 Å². The minimum Gasteiger partial charge on any atom is -0.366 e. The average molecular weight is 386 g/mol. The van der Waals surface area contributed by atoms with Gasteiger partial charge in [0.05, 0.1) is 0 Å². The lowest BCUT2D eigenvalue weighted by molar-refractivity contribution is -0.113. The smallest absolute Gasteiger partial charge is 0.241 e. The minimum atomic E-state index is -0.407. The Labute approximate surface area is 174 Å². The summed E-state index contributed by atoms with van der Waals surface area (Å²) in [6.45, 7) is 11.6. The summed E-state index contributed by atoms with van der Waals surface area (Å²) < 4.78 is 0. The van der Waals surface area contributed by atoms with E-state index in [1.165, 1.54) is 45.0 Å². The van der Waals surface area contributed by atoms with Crippen LogP contribution < -0.4 is 5.73 Å². The molecule has 2 aliphatic rings. The number of amides is 1. The van der Waals surface area contributed by atoms with Gasteiger partial charge in [-0.05, 0) is 90.6 Å². The largest absolute Gasteiger partial charge is 0.366 e. The fourth-order valence-electron chi connectivity index (χ4n) is 5.65. The van der Waals surface area contributed by atoms with Crippen LogP contribution in [0.3, 0.4) is 0 Å². The molecule has 2 N–H and O–H groups in total. The molecule has 1 fully saturated rings. The molecule has 0 unspecified atom stereocenters.